The first-order valence-electron chi connectivity index (χ1n) is 7.42. The van der Waals surface area contributed by atoms with E-state index in [9.17, 15) is 4.79 Å². The summed E-state index contributed by atoms with van der Waals surface area (Å²) in [6, 6.07) is 2.25. The van der Waals surface area contributed by atoms with Crippen molar-refractivity contribution in [3.63, 3.8) is 0 Å². The second kappa shape index (κ2) is 6.12. The van der Waals surface area contributed by atoms with Crippen molar-refractivity contribution in [1.29, 1.82) is 0 Å². The third kappa shape index (κ3) is 3.02. The summed E-state index contributed by atoms with van der Waals surface area (Å²) in [5.74, 6) is 0. The number of fused-ring (bicyclic) bond motifs is 1. The molecule has 0 saturated carbocycles. The van der Waals surface area contributed by atoms with E-state index in [1.807, 2.05) is 24.9 Å². The SMILES string of the molecule is CC(C)NC(=O)N1CC=C(c2c[nH]c3ncc(Br)cc23)CC1. The van der Waals surface area contributed by atoms with Crippen LogP contribution < -0.4 is 5.32 Å². The molecule has 2 amide bonds. The van der Waals surface area contributed by atoms with Crippen molar-refractivity contribution in [2.45, 2.75) is 26.3 Å². The second-order valence-corrected chi connectivity index (χ2v) is 6.70. The predicted molar refractivity (Wildman–Crippen MR) is 91.6 cm³/mol. The lowest BCUT2D eigenvalue weighted by Crippen LogP contribution is -2.44. The van der Waals surface area contributed by atoms with Crippen molar-refractivity contribution in [2.75, 3.05) is 13.1 Å². The Bertz CT molecular complexity index is 735. The zero-order chi connectivity index (χ0) is 15.7. The minimum absolute atomic E-state index is 0.00800. The summed E-state index contributed by atoms with van der Waals surface area (Å²) < 4.78 is 0.968. The van der Waals surface area contributed by atoms with E-state index in [2.05, 4.69) is 43.4 Å². The number of halogens is 1. The van der Waals surface area contributed by atoms with Gasteiger partial charge in [-0.3, -0.25) is 0 Å². The van der Waals surface area contributed by atoms with Crippen LogP contribution in [0.4, 0.5) is 4.79 Å². The number of rotatable bonds is 2. The molecule has 22 heavy (non-hydrogen) atoms. The smallest absolute Gasteiger partial charge is 0.317 e. The van der Waals surface area contributed by atoms with Crippen molar-refractivity contribution in [3.8, 4) is 0 Å². The molecule has 6 heteroatoms. The molecule has 3 heterocycles. The lowest BCUT2D eigenvalue weighted by Gasteiger charge is -2.27. The van der Waals surface area contributed by atoms with Gasteiger partial charge in [0.25, 0.3) is 0 Å². The first-order chi connectivity index (χ1) is 10.5. The summed E-state index contributed by atoms with van der Waals surface area (Å²) in [7, 11) is 0. The Labute approximate surface area is 137 Å². The molecule has 3 rings (SSSR count). The van der Waals surface area contributed by atoms with Gasteiger partial charge in [0.1, 0.15) is 5.65 Å². The fraction of sp³-hybridized carbons (Fsp3) is 0.375. The number of carbonyl (C=O) groups is 1. The fourth-order valence-corrected chi connectivity index (χ4v) is 3.01. The number of amides is 2. The summed E-state index contributed by atoms with van der Waals surface area (Å²) in [6.45, 7) is 5.32. The number of hydrogen-bond donors (Lipinski definition) is 2. The van der Waals surface area contributed by atoms with Gasteiger partial charge in [0.05, 0.1) is 0 Å². The van der Waals surface area contributed by atoms with Crippen LogP contribution in [0.25, 0.3) is 16.6 Å². The fourth-order valence-electron chi connectivity index (χ4n) is 2.68. The average molecular weight is 363 g/mol. The summed E-state index contributed by atoms with van der Waals surface area (Å²) >= 11 is 3.47. The van der Waals surface area contributed by atoms with Gasteiger partial charge in [-0.05, 0) is 47.8 Å². The van der Waals surface area contributed by atoms with Gasteiger partial charge in [0.2, 0.25) is 0 Å². The van der Waals surface area contributed by atoms with Crippen molar-refractivity contribution < 1.29 is 4.79 Å². The zero-order valence-electron chi connectivity index (χ0n) is 12.7. The quantitative estimate of drug-likeness (QED) is 0.858. The second-order valence-electron chi connectivity index (χ2n) is 5.78. The molecule has 0 spiro atoms. The Hall–Kier alpha value is -1.82. The number of aromatic amines is 1. The summed E-state index contributed by atoms with van der Waals surface area (Å²) in [4.78, 5) is 21.4. The lowest BCUT2D eigenvalue weighted by atomic mass is 10.00. The van der Waals surface area contributed by atoms with Crippen LogP contribution >= 0.6 is 15.9 Å². The van der Waals surface area contributed by atoms with Crippen LogP contribution in [0.15, 0.2) is 29.0 Å². The Morgan fingerprint density at radius 3 is 3.00 bits per heavy atom. The molecule has 2 aromatic rings. The van der Waals surface area contributed by atoms with Crippen LogP contribution in [0.2, 0.25) is 0 Å². The van der Waals surface area contributed by atoms with Crippen LogP contribution in [0.1, 0.15) is 25.8 Å². The van der Waals surface area contributed by atoms with Crippen molar-refractivity contribution in [3.05, 3.63) is 34.6 Å². The lowest BCUT2D eigenvalue weighted by molar-refractivity contribution is 0.200. The maximum Gasteiger partial charge on any atom is 0.317 e. The first kappa shape index (κ1) is 15.1. The normalized spacial score (nSPS) is 15.3. The van der Waals surface area contributed by atoms with Gasteiger partial charge in [0, 0.05) is 46.9 Å². The van der Waals surface area contributed by atoms with E-state index < -0.39 is 0 Å². The summed E-state index contributed by atoms with van der Waals surface area (Å²) in [5.41, 5.74) is 3.33. The van der Waals surface area contributed by atoms with E-state index in [0.29, 0.717) is 6.54 Å². The van der Waals surface area contributed by atoms with Gasteiger partial charge in [-0.15, -0.1) is 0 Å². The molecule has 1 aliphatic rings. The number of H-pyrrole nitrogens is 1. The molecule has 2 aromatic heterocycles. The van der Waals surface area contributed by atoms with Crippen molar-refractivity contribution in [1.82, 2.24) is 20.2 Å². The number of hydrogen-bond acceptors (Lipinski definition) is 2. The van der Waals surface area contributed by atoms with Gasteiger partial charge < -0.3 is 15.2 Å². The molecule has 0 bridgehead atoms. The summed E-state index contributed by atoms with van der Waals surface area (Å²) in [6.07, 6.45) is 6.77. The van der Waals surface area contributed by atoms with E-state index in [-0.39, 0.29) is 12.1 Å². The third-order valence-electron chi connectivity index (χ3n) is 3.75. The van der Waals surface area contributed by atoms with Crippen LogP contribution in [0.3, 0.4) is 0 Å². The van der Waals surface area contributed by atoms with Gasteiger partial charge in [-0.1, -0.05) is 6.08 Å². The molecule has 5 nitrogen and oxygen atoms in total. The molecule has 0 saturated heterocycles. The van der Waals surface area contributed by atoms with E-state index in [1.165, 1.54) is 11.1 Å². The minimum atomic E-state index is 0.00800. The molecule has 0 aromatic carbocycles. The minimum Gasteiger partial charge on any atom is -0.346 e. The zero-order valence-corrected chi connectivity index (χ0v) is 14.3. The number of nitrogens with zero attached hydrogens (tertiary/aromatic N) is 2. The Balaban J connectivity index is 1.80. The highest BCUT2D eigenvalue weighted by Gasteiger charge is 2.19. The average Bonchev–Trinajstić information content (AvgIpc) is 2.89. The topological polar surface area (TPSA) is 61.0 Å². The molecule has 0 aliphatic carbocycles. The summed E-state index contributed by atoms with van der Waals surface area (Å²) in [5, 5.41) is 4.05. The molecule has 0 radical (unpaired) electrons. The molecule has 0 unspecified atom stereocenters. The van der Waals surface area contributed by atoms with Crippen LogP contribution in [0, 0.1) is 0 Å². The molecular formula is C16H19BrN4O. The molecule has 116 valence electrons. The monoisotopic (exact) mass is 362 g/mol. The van der Waals surface area contributed by atoms with Gasteiger partial charge in [-0.2, -0.15) is 0 Å². The number of pyridine rings is 1. The standard InChI is InChI=1S/C16H19BrN4O/c1-10(2)20-16(22)21-5-3-11(4-6-21)14-9-19-15-13(14)7-12(17)8-18-15/h3,7-10H,4-6H2,1-2H3,(H,18,19)(H,20,22). The van der Waals surface area contributed by atoms with Crippen LogP contribution in [-0.2, 0) is 0 Å². The molecule has 0 fully saturated rings. The van der Waals surface area contributed by atoms with E-state index in [0.717, 1.165) is 28.5 Å². The van der Waals surface area contributed by atoms with E-state index in [4.69, 9.17) is 0 Å². The number of nitrogens with one attached hydrogen (secondary N) is 2. The number of urea groups is 1. The van der Waals surface area contributed by atoms with Gasteiger partial charge in [0.15, 0.2) is 0 Å². The predicted octanol–water partition coefficient (Wildman–Crippen LogP) is 3.53. The highest BCUT2D eigenvalue weighted by molar-refractivity contribution is 9.10. The van der Waals surface area contributed by atoms with Crippen LogP contribution in [-0.4, -0.2) is 40.0 Å². The van der Waals surface area contributed by atoms with E-state index in [1.54, 1.807) is 6.20 Å². The molecule has 1 aliphatic heterocycles. The Morgan fingerprint density at radius 1 is 1.50 bits per heavy atom. The van der Waals surface area contributed by atoms with Crippen molar-refractivity contribution >= 4 is 38.6 Å². The maximum absolute atomic E-state index is 12.0. The Kier molecular flexibility index (Phi) is 4.20. The first-order valence-corrected chi connectivity index (χ1v) is 8.21. The van der Waals surface area contributed by atoms with Gasteiger partial charge in [-0.25, -0.2) is 9.78 Å². The third-order valence-corrected chi connectivity index (χ3v) is 4.19. The number of carbonyl (C=O) groups excluding carboxylic acids is 1. The highest BCUT2D eigenvalue weighted by atomic mass is 79.9. The van der Waals surface area contributed by atoms with Gasteiger partial charge >= 0.3 is 6.03 Å². The molecule has 0 atom stereocenters. The maximum atomic E-state index is 12.0. The van der Waals surface area contributed by atoms with E-state index >= 15 is 0 Å². The van der Waals surface area contributed by atoms with Crippen molar-refractivity contribution in [2.24, 2.45) is 0 Å². The molecular weight excluding hydrogens is 344 g/mol. The number of aromatic nitrogens is 2. The molecule has 2 N–H and O–H groups in total. The van der Waals surface area contributed by atoms with Crippen LogP contribution in [0.5, 0.6) is 0 Å². The highest BCUT2D eigenvalue weighted by Crippen LogP contribution is 2.29. The Morgan fingerprint density at radius 2 is 2.32 bits per heavy atom. The largest absolute Gasteiger partial charge is 0.346 e.